The fraction of sp³-hybridized carbons (Fsp3) is 0.167. The summed E-state index contributed by atoms with van der Waals surface area (Å²) in [4.78, 5) is 10.2. The lowest BCUT2D eigenvalue weighted by atomic mass is 10.1. The van der Waals surface area contributed by atoms with E-state index in [9.17, 15) is 10.1 Å². The highest BCUT2D eigenvalue weighted by molar-refractivity contribution is 5.64. The largest absolute Gasteiger partial charge is 0.461 e. The van der Waals surface area contributed by atoms with Crippen molar-refractivity contribution in [2.24, 2.45) is 0 Å². The summed E-state index contributed by atoms with van der Waals surface area (Å²) >= 11 is 0. The number of nitrogens with zero attached hydrogens (tertiary/aromatic N) is 1. The molecule has 2 rings (SSSR count). The van der Waals surface area contributed by atoms with Gasteiger partial charge in [-0.05, 0) is 37.6 Å². The lowest BCUT2D eigenvalue weighted by Gasteiger charge is -2.01. The molecule has 1 aromatic carbocycles. The minimum atomic E-state index is -0.399. The molecule has 0 radical (unpaired) electrons. The van der Waals surface area contributed by atoms with Gasteiger partial charge in [-0.1, -0.05) is 0 Å². The first kappa shape index (κ1) is 10.4. The zero-order valence-corrected chi connectivity index (χ0v) is 9.06. The fourth-order valence-corrected chi connectivity index (χ4v) is 1.62. The Morgan fingerprint density at radius 3 is 2.44 bits per heavy atom. The van der Waals surface area contributed by atoms with Gasteiger partial charge in [-0.3, -0.25) is 10.1 Å². The van der Waals surface area contributed by atoms with Crippen LogP contribution in [0.3, 0.4) is 0 Å². The molecule has 0 fully saturated rings. The number of hydrogen-bond acceptors (Lipinski definition) is 3. The summed E-state index contributed by atoms with van der Waals surface area (Å²) in [6.07, 6.45) is 0. The van der Waals surface area contributed by atoms with E-state index in [1.54, 1.807) is 12.1 Å². The Morgan fingerprint density at radius 2 is 1.94 bits per heavy atom. The second-order valence-electron chi connectivity index (χ2n) is 3.67. The van der Waals surface area contributed by atoms with Crippen molar-refractivity contribution < 1.29 is 9.34 Å². The molecule has 0 N–H and O–H groups in total. The van der Waals surface area contributed by atoms with E-state index in [4.69, 9.17) is 4.42 Å². The number of non-ortho nitro benzene ring substituents is 1. The predicted octanol–water partition coefficient (Wildman–Crippen LogP) is 3.47. The number of benzene rings is 1. The standard InChI is InChI=1S/C12H11NO3/c1-8-7-10(13(14)15)4-5-11(8)12-6-3-9(2)16-12/h3-7H,1-2H3. The molecule has 0 saturated carbocycles. The average Bonchev–Trinajstić information content (AvgIpc) is 2.64. The molecule has 0 unspecified atom stereocenters. The molecule has 1 aromatic heterocycles. The highest BCUT2D eigenvalue weighted by Gasteiger charge is 2.11. The Balaban J connectivity index is 2.47. The van der Waals surface area contributed by atoms with E-state index in [2.05, 4.69) is 0 Å². The van der Waals surface area contributed by atoms with Crippen LogP contribution in [0.5, 0.6) is 0 Å². The number of aryl methyl sites for hydroxylation is 2. The van der Waals surface area contributed by atoms with Crippen LogP contribution in [0.4, 0.5) is 5.69 Å². The van der Waals surface area contributed by atoms with Crippen LogP contribution in [-0.4, -0.2) is 4.92 Å². The highest BCUT2D eigenvalue weighted by Crippen LogP contribution is 2.28. The van der Waals surface area contributed by atoms with Crippen molar-refractivity contribution in [1.82, 2.24) is 0 Å². The molecule has 4 nitrogen and oxygen atoms in total. The van der Waals surface area contributed by atoms with Crippen molar-refractivity contribution in [2.75, 3.05) is 0 Å². The van der Waals surface area contributed by atoms with Gasteiger partial charge >= 0.3 is 0 Å². The molecule has 16 heavy (non-hydrogen) atoms. The van der Waals surface area contributed by atoms with E-state index in [1.807, 2.05) is 26.0 Å². The van der Waals surface area contributed by atoms with Crippen molar-refractivity contribution in [3.63, 3.8) is 0 Å². The van der Waals surface area contributed by atoms with Gasteiger partial charge in [-0.25, -0.2) is 0 Å². The smallest absolute Gasteiger partial charge is 0.269 e. The fourth-order valence-electron chi connectivity index (χ4n) is 1.62. The summed E-state index contributed by atoms with van der Waals surface area (Å²) in [6, 6.07) is 8.48. The van der Waals surface area contributed by atoms with E-state index < -0.39 is 4.92 Å². The van der Waals surface area contributed by atoms with Crippen LogP contribution < -0.4 is 0 Å². The van der Waals surface area contributed by atoms with Gasteiger partial charge in [0.2, 0.25) is 0 Å². The van der Waals surface area contributed by atoms with E-state index in [-0.39, 0.29) is 5.69 Å². The predicted molar refractivity (Wildman–Crippen MR) is 60.3 cm³/mol. The van der Waals surface area contributed by atoms with Gasteiger partial charge in [-0.15, -0.1) is 0 Å². The lowest BCUT2D eigenvalue weighted by molar-refractivity contribution is -0.384. The zero-order chi connectivity index (χ0) is 11.7. The van der Waals surface area contributed by atoms with Gasteiger partial charge in [0.25, 0.3) is 5.69 Å². The lowest BCUT2D eigenvalue weighted by Crippen LogP contribution is -1.89. The van der Waals surface area contributed by atoms with Gasteiger partial charge in [-0.2, -0.15) is 0 Å². The van der Waals surface area contributed by atoms with Crippen LogP contribution in [0.25, 0.3) is 11.3 Å². The zero-order valence-electron chi connectivity index (χ0n) is 9.06. The van der Waals surface area contributed by atoms with Crippen molar-refractivity contribution in [3.8, 4) is 11.3 Å². The minimum absolute atomic E-state index is 0.101. The van der Waals surface area contributed by atoms with E-state index in [1.165, 1.54) is 6.07 Å². The van der Waals surface area contributed by atoms with Gasteiger partial charge in [0, 0.05) is 17.7 Å². The number of rotatable bonds is 2. The Morgan fingerprint density at radius 1 is 1.19 bits per heavy atom. The SMILES string of the molecule is Cc1ccc(-c2ccc([N+](=O)[O-])cc2C)o1. The van der Waals surface area contributed by atoms with Crippen LogP contribution in [0.15, 0.2) is 34.7 Å². The first-order valence-corrected chi connectivity index (χ1v) is 4.90. The highest BCUT2D eigenvalue weighted by atomic mass is 16.6. The van der Waals surface area contributed by atoms with E-state index in [0.717, 1.165) is 22.6 Å². The normalized spacial score (nSPS) is 10.4. The summed E-state index contributed by atoms with van der Waals surface area (Å²) in [7, 11) is 0. The van der Waals surface area contributed by atoms with E-state index in [0.29, 0.717) is 0 Å². The second-order valence-corrected chi connectivity index (χ2v) is 3.67. The van der Waals surface area contributed by atoms with Crippen LogP contribution >= 0.6 is 0 Å². The molecule has 0 aliphatic heterocycles. The molecule has 82 valence electrons. The van der Waals surface area contributed by atoms with Gasteiger partial charge in [0.15, 0.2) is 0 Å². The Bertz CT molecular complexity index is 543. The number of nitro benzene ring substituents is 1. The first-order chi connectivity index (χ1) is 7.58. The second kappa shape index (κ2) is 3.81. The van der Waals surface area contributed by atoms with Gasteiger partial charge < -0.3 is 4.42 Å². The number of furan rings is 1. The maximum Gasteiger partial charge on any atom is 0.269 e. The molecular weight excluding hydrogens is 206 g/mol. The molecule has 2 aromatic rings. The Hall–Kier alpha value is -2.10. The van der Waals surface area contributed by atoms with Crippen LogP contribution in [0.1, 0.15) is 11.3 Å². The van der Waals surface area contributed by atoms with Crippen LogP contribution in [-0.2, 0) is 0 Å². The summed E-state index contributed by atoms with van der Waals surface area (Å²) < 4.78 is 5.48. The molecule has 0 aliphatic rings. The quantitative estimate of drug-likeness (QED) is 0.571. The van der Waals surface area contributed by atoms with Gasteiger partial charge in [0.05, 0.1) is 4.92 Å². The maximum atomic E-state index is 10.6. The van der Waals surface area contributed by atoms with E-state index >= 15 is 0 Å². The van der Waals surface area contributed by atoms with Crippen LogP contribution in [0.2, 0.25) is 0 Å². The van der Waals surface area contributed by atoms with Crippen molar-refractivity contribution in [3.05, 3.63) is 51.8 Å². The molecule has 0 amide bonds. The third kappa shape index (κ3) is 1.82. The summed E-state index contributed by atoms with van der Waals surface area (Å²) in [5, 5.41) is 10.6. The minimum Gasteiger partial charge on any atom is -0.461 e. The van der Waals surface area contributed by atoms with Gasteiger partial charge in [0.1, 0.15) is 11.5 Å². The van der Waals surface area contributed by atoms with Crippen LogP contribution in [0, 0.1) is 24.0 Å². The monoisotopic (exact) mass is 217 g/mol. The van der Waals surface area contributed by atoms with Crippen molar-refractivity contribution in [2.45, 2.75) is 13.8 Å². The average molecular weight is 217 g/mol. The topological polar surface area (TPSA) is 56.3 Å². The summed E-state index contributed by atoms with van der Waals surface area (Å²) in [5.41, 5.74) is 1.83. The van der Waals surface area contributed by atoms with Crippen molar-refractivity contribution in [1.29, 1.82) is 0 Å². The first-order valence-electron chi connectivity index (χ1n) is 4.90. The molecular formula is C12H11NO3. The third-order valence-electron chi connectivity index (χ3n) is 2.43. The molecule has 0 atom stereocenters. The van der Waals surface area contributed by atoms with Crippen molar-refractivity contribution >= 4 is 5.69 Å². The molecule has 1 heterocycles. The molecule has 0 aliphatic carbocycles. The Kier molecular flexibility index (Phi) is 2.48. The third-order valence-corrected chi connectivity index (χ3v) is 2.43. The molecule has 0 saturated heterocycles. The summed E-state index contributed by atoms with van der Waals surface area (Å²) in [6.45, 7) is 3.70. The molecule has 0 bridgehead atoms. The summed E-state index contributed by atoms with van der Waals surface area (Å²) in [5.74, 6) is 1.57. The Labute approximate surface area is 92.7 Å². The maximum absolute atomic E-state index is 10.6. The number of nitro groups is 1. The molecule has 4 heteroatoms. The number of hydrogen-bond donors (Lipinski definition) is 0. The molecule has 0 spiro atoms.